The number of amides is 1. The first-order valence-corrected chi connectivity index (χ1v) is 17.4. The molecule has 6 bridgehead atoms. The normalized spacial score (nSPS) is 25.9. The second-order valence-corrected chi connectivity index (χ2v) is 15.0. The third kappa shape index (κ3) is 6.79. The van der Waals surface area contributed by atoms with Crippen molar-refractivity contribution in [2.24, 2.45) is 5.92 Å². The Balaban J connectivity index is 1.37. The Morgan fingerprint density at radius 3 is 2.69 bits per heavy atom. The number of piperidine rings is 1. The van der Waals surface area contributed by atoms with Gasteiger partial charge in [0.25, 0.3) is 0 Å². The Kier molecular flexibility index (Phi) is 9.06. The van der Waals surface area contributed by atoms with Gasteiger partial charge in [0.15, 0.2) is 11.4 Å². The van der Waals surface area contributed by atoms with Gasteiger partial charge in [0, 0.05) is 56.5 Å². The molecule has 2 fully saturated rings. The van der Waals surface area contributed by atoms with Crippen molar-refractivity contribution >= 4 is 51.4 Å². The van der Waals surface area contributed by atoms with Gasteiger partial charge in [0.2, 0.25) is 17.6 Å². The number of halogens is 4. The SMILES string of the molecule is C[C@H]1CN2CC[C@]1(F)c1cc(Cl)cnc1O[C@H]1C[C@@H](C(=O)OC(C)(C)C)N(C1)c1nc(nc3c1oc1ccccc13)C(F)(F)COCCCC2=O. The van der Waals surface area contributed by atoms with Gasteiger partial charge in [-0.1, -0.05) is 30.7 Å². The number of carbonyl (C=O) groups is 2. The fourth-order valence-electron chi connectivity index (χ4n) is 7.11. The minimum Gasteiger partial charge on any atom is -0.472 e. The fraction of sp³-hybridized carbons (Fsp3) is 0.528. The van der Waals surface area contributed by atoms with Crippen molar-refractivity contribution in [3.05, 3.63) is 52.9 Å². The lowest BCUT2D eigenvalue weighted by molar-refractivity contribution is -0.156. The van der Waals surface area contributed by atoms with Gasteiger partial charge in [0.1, 0.15) is 41.1 Å². The third-order valence-corrected chi connectivity index (χ3v) is 9.83. The lowest BCUT2D eigenvalue weighted by Gasteiger charge is -2.42. The molecule has 15 heteroatoms. The van der Waals surface area contributed by atoms with E-state index in [0.717, 1.165) is 0 Å². The molecule has 51 heavy (non-hydrogen) atoms. The summed E-state index contributed by atoms with van der Waals surface area (Å²) in [6.07, 6.45) is 0.759. The lowest BCUT2D eigenvalue weighted by atomic mass is 9.78. The van der Waals surface area contributed by atoms with E-state index in [2.05, 4.69) is 15.0 Å². The molecule has 8 rings (SSSR count). The van der Waals surface area contributed by atoms with E-state index in [-0.39, 0.29) is 91.2 Å². The average molecular weight is 730 g/mol. The first-order valence-electron chi connectivity index (χ1n) is 17.1. The van der Waals surface area contributed by atoms with Crippen LogP contribution in [0.15, 0.2) is 40.9 Å². The van der Waals surface area contributed by atoms with Crippen LogP contribution in [0.5, 0.6) is 5.88 Å². The molecule has 0 N–H and O–H groups in total. The molecule has 1 amide bonds. The molecule has 0 aliphatic carbocycles. The van der Waals surface area contributed by atoms with Crippen LogP contribution >= 0.6 is 11.6 Å². The summed E-state index contributed by atoms with van der Waals surface area (Å²) in [5, 5.41) is 0.682. The van der Waals surface area contributed by atoms with Crippen LogP contribution in [0.2, 0.25) is 5.02 Å². The Hall–Kier alpha value is -4.17. The molecule has 4 aliphatic rings. The first kappa shape index (κ1) is 35.2. The quantitative estimate of drug-likeness (QED) is 0.195. The summed E-state index contributed by atoms with van der Waals surface area (Å²) in [4.78, 5) is 43.0. The number of furan rings is 1. The molecule has 0 saturated carbocycles. The van der Waals surface area contributed by atoms with E-state index in [0.29, 0.717) is 11.0 Å². The van der Waals surface area contributed by atoms with E-state index in [4.69, 9.17) is 30.2 Å². The zero-order chi connectivity index (χ0) is 36.3. The van der Waals surface area contributed by atoms with E-state index in [9.17, 15) is 9.59 Å². The number of nitrogens with zero attached hydrogens (tertiary/aromatic N) is 5. The molecule has 0 spiro atoms. The van der Waals surface area contributed by atoms with Gasteiger partial charge >= 0.3 is 11.9 Å². The smallest absolute Gasteiger partial charge is 0.329 e. The van der Waals surface area contributed by atoms with Gasteiger partial charge in [-0.3, -0.25) is 4.79 Å². The van der Waals surface area contributed by atoms with Crippen molar-refractivity contribution in [3.8, 4) is 5.88 Å². The molecule has 4 atom stereocenters. The number of para-hydroxylation sites is 1. The summed E-state index contributed by atoms with van der Waals surface area (Å²) < 4.78 is 72.8. The largest absolute Gasteiger partial charge is 0.472 e. The van der Waals surface area contributed by atoms with E-state index < -0.39 is 53.7 Å². The number of rotatable bonds is 1. The summed E-state index contributed by atoms with van der Waals surface area (Å²) in [6.45, 7) is 5.92. The average Bonchev–Trinajstić information content (AvgIpc) is 3.67. The first-order chi connectivity index (χ1) is 24.1. The van der Waals surface area contributed by atoms with E-state index in [1.165, 1.54) is 17.2 Å². The molecule has 7 heterocycles. The fourth-order valence-corrected chi connectivity index (χ4v) is 7.26. The molecule has 272 valence electrons. The van der Waals surface area contributed by atoms with Crippen LogP contribution in [0.1, 0.15) is 64.8 Å². The van der Waals surface area contributed by atoms with Crippen LogP contribution in [-0.2, 0) is 30.7 Å². The van der Waals surface area contributed by atoms with Crippen molar-refractivity contribution in [1.29, 1.82) is 0 Å². The van der Waals surface area contributed by atoms with Crippen molar-refractivity contribution < 1.29 is 41.4 Å². The van der Waals surface area contributed by atoms with Gasteiger partial charge in [0.05, 0.1) is 17.1 Å². The number of carbonyl (C=O) groups excluding carboxylic acids is 2. The maximum Gasteiger partial charge on any atom is 0.329 e. The predicted molar refractivity (Wildman–Crippen MR) is 182 cm³/mol. The predicted octanol–water partition coefficient (Wildman–Crippen LogP) is 6.73. The molecule has 4 aromatic rings. The molecular weight excluding hydrogens is 691 g/mol. The highest BCUT2D eigenvalue weighted by Gasteiger charge is 2.48. The van der Waals surface area contributed by atoms with Crippen molar-refractivity contribution in [2.45, 2.75) is 82.7 Å². The van der Waals surface area contributed by atoms with E-state index in [1.807, 2.05) is 0 Å². The lowest BCUT2D eigenvalue weighted by Crippen LogP contribution is -2.49. The molecule has 3 aromatic heterocycles. The van der Waals surface area contributed by atoms with Crippen molar-refractivity contribution in [3.63, 3.8) is 0 Å². The van der Waals surface area contributed by atoms with Gasteiger partial charge in [-0.15, -0.1) is 0 Å². The Morgan fingerprint density at radius 2 is 1.92 bits per heavy atom. The van der Waals surface area contributed by atoms with Crippen LogP contribution in [0.4, 0.5) is 19.0 Å². The second-order valence-electron chi connectivity index (χ2n) is 14.5. The number of benzene rings is 1. The highest BCUT2D eigenvalue weighted by atomic mass is 35.5. The minimum atomic E-state index is -3.65. The van der Waals surface area contributed by atoms with Crippen LogP contribution in [-0.4, -0.2) is 82.3 Å². The molecule has 1 aromatic carbocycles. The maximum atomic E-state index is 17.2. The number of aromatic nitrogens is 3. The highest BCUT2D eigenvalue weighted by molar-refractivity contribution is 6.30. The van der Waals surface area contributed by atoms with Gasteiger partial charge in [-0.2, -0.15) is 8.78 Å². The minimum absolute atomic E-state index is 0.0151. The number of hydrogen-bond donors (Lipinski definition) is 0. The van der Waals surface area contributed by atoms with Crippen LogP contribution in [0.3, 0.4) is 0 Å². The monoisotopic (exact) mass is 729 g/mol. The number of hydrogen-bond acceptors (Lipinski definition) is 10. The van der Waals surface area contributed by atoms with Crippen molar-refractivity contribution in [2.75, 3.05) is 37.7 Å². The van der Waals surface area contributed by atoms with Gasteiger partial charge < -0.3 is 28.4 Å². The van der Waals surface area contributed by atoms with Crippen LogP contribution in [0.25, 0.3) is 22.1 Å². The molecule has 0 unspecified atom stereocenters. The third-order valence-electron chi connectivity index (χ3n) is 9.62. The van der Waals surface area contributed by atoms with Crippen LogP contribution < -0.4 is 9.64 Å². The standard InChI is InChI=1S/C36H39ClF3N5O6/c1-20-17-44-12-11-35(20,38)24-14-21(37)16-41-31(24)49-22-15-25(32(47)51-34(2,3)4)45(18-22)30-29-28(23-8-5-6-9-26(23)50-29)42-33(43-30)36(39,40)19-48-13-7-10-27(44)46/h5-6,8-9,14,16,20,22,25H,7,10-13,15,17-19H2,1-4H3/t20-,22-,25-,35+/m0/s1. The Labute approximate surface area is 297 Å². The Bertz CT molecular complexity index is 1990. The maximum absolute atomic E-state index is 17.2. The number of fused-ring (bicyclic) bond motifs is 11. The summed E-state index contributed by atoms with van der Waals surface area (Å²) in [7, 11) is 0. The Morgan fingerprint density at radius 1 is 1.14 bits per heavy atom. The molecule has 2 saturated heterocycles. The second kappa shape index (κ2) is 13.1. The number of esters is 1. The molecular formula is C36H39ClF3N5O6. The summed E-state index contributed by atoms with van der Waals surface area (Å²) in [5.74, 6) is -6.07. The molecule has 4 aliphatic heterocycles. The van der Waals surface area contributed by atoms with E-state index in [1.54, 1.807) is 56.9 Å². The summed E-state index contributed by atoms with van der Waals surface area (Å²) in [6, 6.07) is 7.28. The number of alkyl halides is 3. The number of anilines is 1. The summed E-state index contributed by atoms with van der Waals surface area (Å²) >= 11 is 6.36. The van der Waals surface area contributed by atoms with E-state index >= 15 is 13.2 Å². The number of pyridine rings is 1. The topological polar surface area (TPSA) is 120 Å². The van der Waals surface area contributed by atoms with Gasteiger partial charge in [-0.25, -0.2) is 24.1 Å². The van der Waals surface area contributed by atoms with Gasteiger partial charge in [-0.05, 0) is 45.4 Å². The highest BCUT2D eigenvalue weighted by Crippen LogP contribution is 2.46. The number of ether oxygens (including phenoxy) is 3. The zero-order valence-electron chi connectivity index (χ0n) is 28.8. The summed E-state index contributed by atoms with van der Waals surface area (Å²) in [5.41, 5.74) is -2.07. The molecule has 11 nitrogen and oxygen atoms in total. The molecule has 0 radical (unpaired) electrons. The van der Waals surface area contributed by atoms with Crippen LogP contribution in [0, 0.1) is 5.92 Å². The zero-order valence-corrected chi connectivity index (χ0v) is 29.5. The van der Waals surface area contributed by atoms with Crippen molar-refractivity contribution in [1.82, 2.24) is 19.9 Å².